The van der Waals surface area contributed by atoms with Crippen molar-refractivity contribution in [2.75, 3.05) is 19.8 Å². The summed E-state index contributed by atoms with van der Waals surface area (Å²) in [5, 5.41) is 3.59. The standard InChI is InChI=1S/C13H25NO/c1-10(2)14-9-12-3-4-13(12)11-5-7-15-8-6-11/h10-14H,3-9H2,1-2H3. The summed E-state index contributed by atoms with van der Waals surface area (Å²) in [6.07, 6.45) is 5.53. The van der Waals surface area contributed by atoms with Gasteiger partial charge in [0.15, 0.2) is 0 Å². The van der Waals surface area contributed by atoms with Gasteiger partial charge in [-0.3, -0.25) is 0 Å². The highest BCUT2D eigenvalue weighted by atomic mass is 16.5. The summed E-state index contributed by atoms with van der Waals surface area (Å²) >= 11 is 0. The first-order valence-corrected chi connectivity index (χ1v) is 6.58. The van der Waals surface area contributed by atoms with Crippen LogP contribution in [-0.2, 0) is 4.74 Å². The molecule has 2 heteroatoms. The molecule has 2 rings (SSSR count). The van der Waals surface area contributed by atoms with Gasteiger partial charge in [-0.25, -0.2) is 0 Å². The average Bonchev–Trinajstić information content (AvgIpc) is 2.17. The Hall–Kier alpha value is -0.0800. The number of rotatable bonds is 4. The highest BCUT2D eigenvalue weighted by molar-refractivity contribution is 4.88. The van der Waals surface area contributed by atoms with E-state index in [1.165, 1.54) is 32.2 Å². The topological polar surface area (TPSA) is 21.3 Å². The van der Waals surface area contributed by atoms with E-state index in [1.807, 2.05) is 0 Å². The summed E-state index contributed by atoms with van der Waals surface area (Å²) in [4.78, 5) is 0. The Kier molecular flexibility index (Phi) is 4.04. The van der Waals surface area contributed by atoms with Crippen molar-refractivity contribution in [2.24, 2.45) is 17.8 Å². The van der Waals surface area contributed by atoms with Crippen LogP contribution in [0.25, 0.3) is 0 Å². The minimum absolute atomic E-state index is 0.640. The average molecular weight is 211 g/mol. The first-order chi connectivity index (χ1) is 7.27. The van der Waals surface area contributed by atoms with Crippen LogP contribution in [0.3, 0.4) is 0 Å². The molecule has 2 unspecified atom stereocenters. The van der Waals surface area contributed by atoms with E-state index in [9.17, 15) is 0 Å². The van der Waals surface area contributed by atoms with Crippen molar-refractivity contribution >= 4 is 0 Å². The number of hydrogen-bond donors (Lipinski definition) is 1. The van der Waals surface area contributed by atoms with E-state index >= 15 is 0 Å². The maximum atomic E-state index is 5.44. The maximum absolute atomic E-state index is 5.44. The summed E-state index contributed by atoms with van der Waals surface area (Å²) in [5.74, 6) is 2.92. The fraction of sp³-hybridized carbons (Fsp3) is 1.00. The molecule has 0 aromatic heterocycles. The zero-order chi connectivity index (χ0) is 10.7. The van der Waals surface area contributed by atoms with Crippen molar-refractivity contribution in [3.8, 4) is 0 Å². The smallest absolute Gasteiger partial charge is 0.0468 e. The van der Waals surface area contributed by atoms with Gasteiger partial charge in [0.2, 0.25) is 0 Å². The van der Waals surface area contributed by atoms with Gasteiger partial charge in [0.1, 0.15) is 0 Å². The van der Waals surface area contributed by atoms with Gasteiger partial charge >= 0.3 is 0 Å². The van der Waals surface area contributed by atoms with Gasteiger partial charge < -0.3 is 10.1 Å². The van der Waals surface area contributed by atoms with Crippen LogP contribution in [0.2, 0.25) is 0 Å². The molecule has 0 aromatic carbocycles. The second-order valence-electron chi connectivity index (χ2n) is 5.51. The lowest BCUT2D eigenvalue weighted by Crippen LogP contribution is -2.42. The molecule has 1 saturated carbocycles. The van der Waals surface area contributed by atoms with Crippen molar-refractivity contribution in [1.82, 2.24) is 5.32 Å². The molecule has 1 aliphatic heterocycles. The molecule has 1 aliphatic carbocycles. The van der Waals surface area contributed by atoms with E-state index in [-0.39, 0.29) is 0 Å². The highest BCUT2D eigenvalue weighted by Gasteiger charge is 2.36. The lowest BCUT2D eigenvalue weighted by Gasteiger charge is -2.44. The third kappa shape index (κ3) is 2.94. The number of ether oxygens (including phenoxy) is 1. The summed E-state index contributed by atoms with van der Waals surface area (Å²) in [6, 6.07) is 0.640. The summed E-state index contributed by atoms with van der Waals surface area (Å²) in [7, 11) is 0. The molecule has 1 saturated heterocycles. The van der Waals surface area contributed by atoms with E-state index < -0.39 is 0 Å². The van der Waals surface area contributed by atoms with Crippen LogP contribution in [0.5, 0.6) is 0 Å². The molecule has 1 heterocycles. The fourth-order valence-electron chi connectivity index (χ4n) is 3.00. The zero-order valence-corrected chi connectivity index (χ0v) is 10.2. The van der Waals surface area contributed by atoms with E-state index in [0.717, 1.165) is 31.0 Å². The highest BCUT2D eigenvalue weighted by Crippen LogP contribution is 2.42. The molecule has 0 aromatic rings. The molecule has 2 aliphatic rings. The Morgan fingerprint density at radius 1 is 1.13 bits per heavy atom. The monoisotopic (exact) mass is 211 g/mol. The molecule has 1 N–H and O–H groups in total. The van der Waals surface area contributed by atoms with Gasteiger partial charge in [-0.05, 0) is 50.0 Å². The first-order valence-electron chi connectivity index (χ1n) is 6.58. The molecular formula is C13H25NO. The predicted octanol–water partition coefficient (Wildman–Crippen LogP) is 2.44. The van der Waals surface area contributed by atoms with Gasteiger partial charge in [0.25, 0.3) is 0 Å². The normalized spacial score (nSPS) is 33.0. The van der Waals surface area contributed by atoms with Crippen molar-refractivity contribution in [2.45, 2.75) is 45.6 Å². The fourth-order valence-corrected chi connectivity index (χ4v) is 3.00. The maximum Gasteiger partial charge on any atom is 0.0468 e. The molecule has 0 amide bonds. The molecule has 0 bridgehead atoms. The van der Waals surface area contributed by atoms with E-state index in [4.69, 9.17) is 4.74 Å². The Labute approximate surface area is 93.8 Å². The van der Waals surface area contributed by atoms with Crippen molar-refractivity contribution < 1.29 is 4.74 Å². The van der Waals surface area contributed by atoms with Gasteiger partial charge in [0, 0.05) is 19.3 Å². The Morgan fingerprint density at radius 2 is 1.87 bits per heavy atom. The SMILES string of the molecule is CC(C)NCC1CCC1C1CCOCC1. The predicted molar refractivity (Wildman–Crippen MR) is 62.9 cm³/mol. The van der Waals surface area contributed by atoms with Crippen molar-refractivity contribution in [3.05, 3.63) is 0 Å². The van der Waals surface area contributed by atoms with Crippen LogP contribution in [0.4, 0.5) is 0 Å². The van der Waals surface area contributed by atoms with Gasteiger partial charge in [-0.15, -0.1) is 0 Å². The lowest BCUT2D eigenvalue weighted by molar-refractivity contribution is 0.00332. The number of hydrogen-bond acceptors (Lipinski definition) is 2. The third-order valence-electron chi connectivity index (χ3n) is 4.14. The zero-order valence-electron chi connectivity index (χ0n) is 10.2. The van der Waals surface area contributed by atoms with Crippen LogP contribution in [0.15, 0.2) is 0 Å². The number of nitrogens with one attached hydrogen (secondary N) is 1. The van der Waals surface area contributed by atoms with Gasteiger partial charge in [0.05, 0.1) is 0 Å². The minimum atomic E-state index is 0.640. The molecule has 2 atom stereocenters. The molecule has 88 valence electrons. The van der Waals surface area contributed by atoms with E-state index in [2.05, 4.69) is 19.2 Å². The molecule has 2 fully saturated rings. The summed E-state index contributed by atoms with van der Waals surface area (Å²) in [6.45, 7) is 7.72. The van der Waals surface area contributed by atoms with Crippen molar-refractivity contribution in [3.63, 3.8) is 0 Å². The Balaban J connectivity index is 1.73. The third-order valence-corrected chi connectivity index (χ3v) is 4.14. The lowest BCUT2D eigenvalue weighted by atomic mass is 9.65. The van der Waals surface area contributed by atoms with Crippen LogP contribution >= 0.6 is 0 Å². The molecule has 0 spiro atoms. The van der Waals surface area contributed by atoms with E-state index in [1.54, 1.807) is 0 Å². The second-order valence-corrected chi connectivity index (χ2v) is 5.51. The first kappa shape index (κ1) is 11.4. The quantitative estimate of drug-likeness (QED) is 0.771. The molecule has 2 nitrogen and oxygen atoms in total. The minimum Gasteiger partial charge on any atom is -0.381 e. The van der Waals surface area contributed by atoms with E-state index in [0.29, 0.717) is 6.04 Å². The van der Waals surface area contributed by atoms with Crippen LogP contribution < -0.4 is 5.32 Å². The molecule has 15 heavy (non-hydrogen) atoms. The van der Waals surface area contributed by atoms with Crippen molar-refractivity contribution in [1.29, 1.82) is 0 Å². The van der Waals surface area contributed by atoms with Gasteiger partial charge in [-0.2, -0.15) is 0 Å². The summed E-state index contributed by atoms with van der Waals surface area (Å²) in [5.41, 5.74) is 0. The van der Waals surface area contributed by atoms with Crippen LogP contribution in [0, 0.1) is 17.8 Å². The Morgan fingerprint density at radius 3 is 2.40 bits per heavy atom. The largest absolute Gasteiger partial charge is 0.381 e. The van der Waals surface area contributed by atoms with Gasteiger partial charge in [-0.1, -0.05) is 13.8 Å². The summed E-state index contributed by atoms with van der Waals surface area (Å²) < 4.78 is 5.44. The molecule has 0 radical (unpaired) electrons. The second kappa shape index (κ2) is 5.31. The van der Waals surface area contributed by atoms with Crippen LogP contribution in [0.1, 0.15) is 39.5 Å². The molecular weight excluding hydrogens is 186 g/mol. The Bertz CT molecular complexity index is 187. The van der Waals surface area contributed by atoms with Crippen LogP contribution in [-0.4, -0.2) is 25.8 Å².